The molecule has 118 valence electrons. The van der Waals surface area contributed by atoms with Crippen LogP contribution in [0.15, 0.2) is 30.3 Å². The zero-order chi connectivity index (χ0) is 16.1. The Labute approximate surface area is 127 Å². The van der Waals surface area contributed by atoms with E-state index < -0.39 is 20.6 Å². The van der Waals surface area contributed by atoms with Gasteiger partial charge < -0.3 is 5.11 Å². The summed E-state index contributed by atoms with van der Waals surface area (Å²) in [4.78, 5) is 10.6. The fraction of sp³-hybridized carbons (Fsp3) is 0.562. The van der Waals surface area contributed by atoms with Gasteiger partial charge in [-0.25, -0.2) is 8.42 Å². The van der Waals surface area contributed by atoms with E-state index in [1.807, 2.05) is 44.2 Å². The highest BCUT2D eigenvalue weighted by Crippen LogP contribution is 2.42. The molecule has 1 N–H and O–H groups in total. The molecule has 5 heteroatoms. The van der Waals surface area contributed by atoms with E-state index >= 15 is 0 Å². The summed E-state index contributed by atoms with van der Waals surface area (Å²) < 4.78 is 24.1. The summed E-state index contributed by atoms with van der Waals surface area (Å²) in [6.45, 7) is 3.82. The molecule has 0 saturated heterocycles. The van der Waals surface area contributed by atoms with Gasteiger partial charge in [0.1, 0.15) is 0 Å². The number of carbonyl (C=O) groups is 1. The topological polar surface area (TPSA) is 71.4 Å². The zero-order valence-electron chi connectivity index (χ0n) is 12.9. The maximum Gasteiger partial charge on any atom is 0.303 e. The van der Waals surface area contributed by atoms with E-state index in [0.717, 1.165) is 5.56 Å². The average molecular weight is 312 g/mol. The molecule has 1 atom stereocenters. The number of sulfone groups is 1. The maximum atomic E-state index is 12.5. The molecule has 0 aliphatic rings. The van der Waals surface area contributed by atoms with Crippen LogP contribution in [0.4, 0.5) is 0 Å². The van der Waals surface area contributed by atoms with Crippen molar-refractivity contribution >= 4 is 15.8 Å². The van der Waals surface area contributed by atoms with Crippen molar-refractivity contribution in [3.63, 3.8) is 0 Å². The Hall–Kier alpha value is -1.36. The molecule has 1 rings (SSSR count). The molecule has 0 aliphatic carbocycles. The van der Waals surface area contributed by atoms with E-state index in [-0.39, 0.29) is 12.3 Å². The van der Waals surface area contributed by atoms with Gasteiger partial charge in [-0.05, 0) is 24.3 Å². The van der Waals surface area contributed by atoms with Crippen LogP contribution < -0.4 is 0 Å². The summed E-state index contributed by atoms with van der Waals surface area (Å²) in [6, 6.07) is 9.24. The van der Waals surface area contributed by atoms with Gasteiger partial charge in [0.25, 0.3) is 0 Å². The quantitative estimate of drug-likeness (QED) is 0.748. The fourth-order valence-corrected chi connectivity index (χ4v) is 4.91. The van der Waals surface area contributed by atoms with Crippen molar-refractivity contribution in [1.82, 2.24) is 0 Å². The molecule has 0 amide bonds. The number of hydrogen-bond acceptors (Lipinski definition) is 3. The second kappa shape index (κ2) is 7.07. The van der Waals surface area contributed by atoms with E-state index in [2.05, 4.69) is 0 Å². The minimum Gasteiger partial charge on any atom is -0.481 e. The molecule has 0 saturated carbocycles. The summed E-state index contributed by atoms with van der Waals surface area (Å²) in [6.07, 6.45) is 2.86. The molecule has 0 bridgehead atoms. The average Bonchev–Trinajstić information content (AvgIpc) is 2.37. The van der Waals surface area contributed by atoms with Crippen molar-refractivity contribution in [1.29, 1.82) is 0 Å². The van der Waals surface area contributed by atoms with Crippen LogP contribution in [0.1, 0.15) is 45.1 Å². The lowest BCUT2D eigenvalue weighted by Crippen LogP contribution is -2.40. The monoisotopic (exact) mass is 312 g/mol. The van der Waals surface area contributed by atoms with Gasteiger partial charge in [-0.3, -0.25) is 4.79 Å². The summed E-state index contributed by atoms with van der Waals surface area (Å²) in [5.41, 5.74) is 0.790. The van der Waals surface area contributed by atoms with Crippen molar-refractivity contribution in [2.24, 2.45) is 5.92 Å². The second-order valence-electron chi connectivity index (χ2n) is 5.78. The van der Waals surface area contributed by atoms with Gasteiger partial charge in [-0.2, -0.15) is 0 Å². The Kier molecular flexibility index (Phi) is 5.96. The van der Waals surface area contributed by atoms with Crippen LogP contribution >= 0.6 is 0 Å². The van der Waals surface area contributed by atoms with E-state index in [1.54, 1.807) is 0 Å². The van der Waals surface area contributed by atoms with Crippen LogP contribution in [0.5, 0.6) is 0 Å². The van der Waals surface area contributed by atoms with Crippen molar-refractivity contribution in [3.8, 4) is 0 Å². The smallest absolute Gasteiger partial charge is 0.303 e. The predicted molar refractivity (Wildman–Crippen MR) is 83.9 cm³/mol. The Bertz CT molecular complexity index is 563. The summed E-state index contributed by atoms with van der Waals surface area (Å²) in [5.74, 6) is -0.927. The Morgan fingerprint density at radius 1 is 1.19 bits per heavy atom. The molecule has 0 aliphatic heterocycles. The van der Waals surface area contributed by atoms with Gasteiger partial charge in [0.15, 0.2) is 9.84 Å². The molecule has 0 heterocycles. The van der Waals surface area contributed by atoms with E-state index in [9.17, 15) is 13.2 Å². The number of benzene rings is 1. The first-order valence-corrected chi connectivity index (χ1v) is 9.08. The highest BCUT2D eigenvalue weighted by Gasteiger charge is 2.44. The van der Waals surface area contributed by atoms with Crippen molar-refractivity contribution in [2.75, 3.05) is 6.26 Å². The SMILES string of the molecule is CC(C)C(CCCCC(=O)O)(c1ccccc1)S(C)(=O)=O. The van der Waals surface area contributed by atoms with Gasteiger partial charge in [-0.1, -0.05) is 50.6 Å². The lowest BCUT2D eigenvalue weighted by molar-refractivity contribution is -0.137. The highest BCUT2D eigenvalue weighted by atomic mass is 32.2. The number of unbranched alkanes of at least 4 members (excludes halogenated alkanes) is 1. The number of carboxylic acid groups (broad SMARTS) is 1. The molecule has 0 aromatic heterocycles. The Morgan fingerprint density at radius 3 is 2.19 bits per heavy atom. The van der Waals surface area contributed by atoms with Crippen LogP contribution in [0, 0.1) is 5.92 Å². The van der Waals surface area contributed by atoms with Crippen molar-refractivity contribution in [3.05, 3.63) is 35.9 Å². The van der Waals surface area contributed by atoms with Gasteiger partial charge in [0, 0.05) is 12.7 Å². The molecule has 0 radical (unpaired) electrons. The molecular weight excluding hydrogens is 288 g/mol. The van der Waals surface area contributed by atoms with Gasteiger partial charge in [0.05, 0.1) is 4.75 Å². The number of rotatable bonds is 8. The van der Waals surface area contributed by atoms with Crippen LogP contribution in [-0.2, 0) is 19.4 Å². The normalized spacial score (nSPS) is 14.9. The number of aliphatic carboxylic acids is 1. The van der Waals surface area contributed by atoms with Crippen molar-refractivity contribution in [2.45, 2.75) is 44.3 Å². The number of hydrogen-bond donors (Lipinski definition) is 1. The predicted octanol–water partition coefficient (Wildman–Crippen LogP) is 3.23. The molecule has 1 aromatic carbocycles. The molecule has 0 spiro atoms. The van der Waals surface area contributed by atoms with E-state index in [1.165, 1.54) is 6.26 Å². The minimum atomic E-state index is -3.33. The summed E-state index contributed by atoms with van der Waals surface area (Å²) in [5, 5.41) is 8.71. The highest BCUT2D eigenvalue weighted by molar-refractivity contribution is 7.91. The molecule has 21 heavy (non-hydrogen) atoms. The first kappa shape index (κ1) is 17.7. The third-order valence-corrected chi connectivity index (χ3v) is 6.28. The van der Waals surface area contributed by atoms with E-state index in [4.69, 9.17) is 5.11 Å². The lowest BCUT2D eigenvalue weighted by atomic mass is 9.83. The first-order valence-electron chi connectivity index (χ1n) is 7.18. The molecule has 1 aromatic rings. The molecule has 4 nitrogen and oxygen atoms in total. The zero-order valence-corrected chi connectivity index (χ0v) is 13.7. The summed E-state index contributed by atoms with van der Waals surface area (Å²) in [7, 11) is -3.33. The van der Waals surface area contributed by atoms with Gasteiger partial charge in [-0.15, -0.1) is 0 Å². The second-order valence-corrected chi connectivity index (χ2v) is 8.06. The van der Waals surface area contributed by atoms with Crippen LogP contribution in [0.2, 0.25) is 0 Å². The Balaban J connectivity index is 3.13. The van der Waals surface area contributed by atoms with Crippen LogP contribution in [0.3, 0.4) is 0 Å². The first-order chi connectivity index (χ1) is 9.72. The molecule has 1 unspecified atom stereocenters. The fourth-order valence-electron chi connectivity index (χ4n) is 2.98. The third-order valence-electron chi connectivity index (χ3n) is 4.05. The van der Waals surface area contributed by atoms with Crippen LogP contribution in [-0.4, -0.2) is 25.7 Å². The minimum absolute atomic E-state index is 0.0761. The van der Waals surface area contributed by atoms with Gasteiger partial charge >= 0.3 is 5.97 Å². The Morgan fingerprint density at radius 2 is 1.76 bits per heavy atom. The van der Waals surface area contributed by atoms with Crippen molar-refractivity contribution < 1.29 is 18.3 Å². The summed E-state index contributed by atoms with van der Waals surface area (Å²) >= 11 is 0. The standard InChI is InChI=1S/C16H24O4S/c1-13(2)16(21(3,19)20,12-8-7-11-15(17)18)14-9-5-4-6-10-14/h4-6,9-10,13H,7-8,11-12H2,1-3H3,(H,17,18). The largest absolute Gasteiger partial charge is 0.481 e. The maximum absolute atomic E-state index is 12.5. The molecular formula is C16H24O4S. The lowest BCUT2D eigenvalue weighted by Gasteiger charge is -2.36. The third kappa shape index (κ3) is 4.06. The van der Waals surface area contributed by atoms with E-state index in [0.29, 0.717) is 19.3 Å². The number of carboxylic acids is 1. The van der Waals surface area contributed by atoms with Gasteiger partial charge in [0.2, 0.25) is 0 Å². The molecule has 0 fully saturated rings. The van der Waals surface area contributed by atoms with Crippen LogP contribution in [0.25, 0.3) is 0 Å².